The Kier molecular flexibility index (Phi) is 5.21. The predicted molar refractivity (Wildman–Crippen MR) is 66.0 cm³/mol. The zero-order chi connectivity index (χ0) is 12.7. The smallest absolute Gasteiger partial charge is 0.296 e. The number of hydrogen-bond acceptors (Lipinski definition) is 3. The molecule has 4 nitrogen and oxygen atoms in total. The summed E-state index contributed by atoms with van der Waals surface area (Å²) < 4.78 is 0. The van der Waals surface area contributed by atoms with Crippen molar-refractivity contribution in [3.63, 3.8) is 0 Å². The van der Waals surface area contributed by atoms with Crippen LogP contribution < -0.4 is 11.1 Å². The van der Waals surface area contributed by atoms with Crippen molar-refractivity contribution < 1.29 is 9.90 Å². The molecule has 4 heteroatoms. The van der Waals surface area contributed by atoms with Crippen LogP contribution in [-0.2, 0) is 4.79 Å². The molecule has 1 amide bonds. The zero-order valence-electron chi connectivity index (χ0n) is 9.68. The molecule has 1 rings (SSSR count). The minimum Gasteiger partial charge on any atom is -0.392 e. The van der Waals surface area contributed by atoms with Crippen LogP contribution in [0.2, 0.25) is 0 Å². The van der Waals surface area contributed by atoms with Crippen molar-refractivity contribution >= 4 is 5.91 Å². The maximum absolute atomic E-state index is 11.3. The van der Waals surface area contributed by atoms with Gasteiger partial charge >= 0.3 is 0 Å². The second-order valence-electron chi connectivity index (χ2n) is 3.73. The summed E-state index contributed by atoms with van der Waals surface area (Å²) in [6, 6.07) is 8.75. The van der Waals surface area contributed by atoms with E-state index in [9.17, 15) is 4.79 Å². The molecule has 90 valence electrons. The first-order chi connectivity index (χ1) is 8.09. The summed E-state index contributed by atoms with van der Waals surface area (Å²) in [7, 11) is 0. The van der Waals surface area contributed by atoms with Crippen LogP contribution >= 0.6 is 0 Å². The Balaban J connectivity index is 2.43. The Morgan fingerprint density at radius 1 is 1.47 bits per heavy atom. The fraction of sp³-hybridized carbons (Fsp3) is 0.308. The molecule has 0 heterocycles. The first-order valence-corrected chi connectivity index (χ1v) is 5.38. The zero-order valence-corrected chi connectivity index (χ0v) is 9.68. The standard InChI is InChI=1S/C13H16N2O2/c1-10(16)12(14)9-15-13(17)8-7-11-5-3-2-4-6-11/h2-6,10,12,16H,9,14H2,1H3,(H,15,17). The molecular weight excluding hydrogens is 216 g/mol. The minimum atomic E-state index is -0.655. The van der Waals surface area contributed by atoms with E-state index < -0.39 is 18.1 Å². The van der Waals surface area contributed by atoms with Gasteiger partial charge in [0.05, 0.1) is 6.10 Å². The largest absolute Gasteiger partial charge is 0.392 e. The molecule has 17 heavy (non-hydrogen) atoms. The number of rotatable bonds is 3. The van der Waals surface area contributed by atoms with Gasteiger partial charge in [0, 0.05) is 24.1 Å². The summed E-state index contributed by atoms with van der Waals surface area (Å²) in [5, 5.41) is 11.7. The summed E-state index contributed by atoms with van der Waals surface area (Å²) in [6.45, 7) is 1.78. The monoisotopic (exact) mass is 232 g/mol. The van der Waals surface area contributed by atoms with E-state index in [1.807, 2.05) is 30.3 Å². The Labute approximate surface area is 101 Å². The molecule has 1 aromatic rings. The van der Waals surface area contributed by atoms with E-state index in [0.29, 0.717) is 0 Å². The van der Waals surface area contributed by atoms with Gasteiger partial charge in [0.25, 0.3) is 5.91 Å². The SMILES string of the molecule is CC(O)C(N)CNC(=O)C#Cc1ccccc1. The Morgan fingerprint density at radius 2 is 2.12 bits per heavy atom. The third-order valence-electron chi connectivity index (χ3n) is 2.21. The Morgan fingerprint density at radius 3 is 2.71 bits per heavy atom. The Hall–Kier alpha value is -1.83. The van der Waals surface area contributed by atoms with E-state index >= 15 is 0 Å². The lowest BCUT2D eigenvalue weighted by atomic mass is 10.2. The van der Waals surface area contributed by atoms with Gasteiger partial charge in [-0.25, -0.2) is 0 Å². The van der Waals surface area contributed by atoms with Gasteiger partial charge in [0.2, 0.25) is 0 Å². The summed E-state index contributed by atoms with van der Waals surface area (Å²) in [5.41, 5.74) is 6.34. The van der Waals surface area contributed by atoms with Crippen molar-refractivity contribution in [2.45, 2.75) is 19.1 Å². The third kappa shape index (κ3) is 5.16. The van der Waals surface area contributed by atoms with E-state index in [-0.39, 0.29) is 6.54 Å². The van der Waals surface area contributed by atoms with Crippen molar-refractivity contribution in [2.24, 2.45) is 5.73 Å². The molecule has 0 aliphatic heterocycles. The van der Waals surface area contributed by atoms with E-state index in [2.05, 4.69) is 17.2 Å². The number of aliphatic hydroxyl groups excluding tert-OH is 1. The number of amides is 1. The second-order valence-corrected chi connectivity index (χ2v) is 3.73. The summed E-state index contributed by atoms with van der Waals surface area (Å²) in [6.07, 6.45) is -0.655. The van der Waals surface area contributed by atoms with E-state index in [1.54, 1.807) is 6.92 Å². The van der Waals surface area contributed by atoms with E-state index in [0.717, 1.165) is 5.56 Å². The topological polar surface area (TPSA) is 75.3 Å². The van der Waals surface area contributed by atoms with Crippen LogP contribution in [-0.4, -0.2) is 29.7 Å². The van der Waals surface area contributed by atoms with Gasteiger partial charge in [-0.05, 0) is 19.1 Å². The van der Waals surface area contributed by atoms with Crippen LogP contribution in [0.1, 0.15) is 12.5 Å². The lowest BCUT2D eigenvalue weighted by molar-refractivity contribution is -0.115. The maximum Gasteiger partial charge on any atom is 0.296 e. The highest BCUT2D eigenvalue weighted by molar-refractivity contribution is 5.94. The van der Waals surface area contributed by atoms with Gasteiger partial charge < -0.3 is 16.2 Å². The van der Waals surface area contributed by atoms with Crippen molar-refractivity contribution in [1.82, 2.24) is 5.32 Å². The number of nitrogens with two attached hydrogens (primary N) is 1. The first kappa shape index (κ1) is 13.2. The van der Waals surface area contributed by atoms with Crippen LogP contribution in [0.15, 0.2) is 30.3 Å². The van der Waals surface area contributed by atoms with Crippen LogP contribution in [0.5, 0.6) is 0 Å². The second kappa shape index (κ2) is 6.69. The van der Waals surface area contributed by atoms with Gasteiger partial charge in [0.15, 0.2) is 0 Å². The molecule has 0 fully saturated rings. The van der Waals surface area contributed by atoms with Gasteiger partial charge in [-0.3, -0.25) is 4.79 Å². The highest BCUT2D eigenvalue weighted by atomic mass is 16.3. The number of nitrogens with one attached hydrogen (secondary N) is 1. The molecule has 0 saturated heterocycles. The maximum atomic E-state index is 11.3. The van der Waals surface area contributed by atoms with Gasteiger partial charge in [0.1, 0.15) is 0 Å². The molecule has 0 saturated carbocycles. The summed E-state index contributed by atoms with van der Waals surface area (Å²) in [4.78, 5) is 11.3. The molecule has 0 aromatic heterocycles. The van der Waals surface area contributed by atoms with Crippen molar-refractivity contribution in [1.29, 1.82) is 0 Å². The number of hydrogen-bond donors (Lipinski definition) is 3. The van der Waals surface area contributed by atoms with Gasteiger partial charge in [-0.1, -0.05) is 24.1 Å². The third-order valence-corrected chi connectivity index (χ3v) is 2.21. The van der Waals surface area contributed by atoms with Crippen LogP contribution in [0.4, 0.5) is 0 Å². The number of benzene rings is 1. The fourth-order valence-corrected chi connectivity index (χ4v) is 1.08. The number of aliphatic hydroxyl groups is 1. The summed E-state index contributed by atoms with van der Waals surface area (Å²) >= 11 is 0. The van der Waals surface area contributed by atoms with Crippen LogP contribution in [0, 0.1) is 11.8 Å². The molecule has 0 bridgehead atoms. The lowest BCUT2D eigenvalue weighted by Crippen LogP contribution is -2.43. The van der Waals surface area contributed by atoms with Crippen molar-refractivity contribution in [3.05, 3.63) is 35.9 Å². The van der Waals surface area contributed by atoms with Crippen molar-refractivity contribution in [2.75, 3.05) is 6.54 Å². The van der Waals surface area contributed by atoms with Gasteiger partial charge in [-0.15, -0.1) is 0 Å². The first-order valence-electron chi connectivity index (χ1n) is 5.38. The van der Waals surface area contributed by atoms with Crippen LogP contribution in [0.25, 0.3) is 0 Å². The number of carbonyl (C=O) groups is 1. The van der Waals surface area contributed by atoms with E-state index in [4.69, 9.17) is 10.8 Å². The average Bonchev–Trinajstić information content (AvgIpc) is 2.34. The van der Waals surface area contributed by atoms with Crippen molar-refractivity contribution in [3.8, 4) is 11.8 Å². The Bertz CT molecular complexity index is 418. The lowest BCUT2D eigenvalue weighted by Gasteiger charge is -2.13. The highest BCUT2D eigenvalue weighted by Gasteiger charge is 2.09. The highest BCUT2D eigenvalue weighted by Crippen LogP contribution is 1.94. The van der Waals surface area contributed by atoms with Crippen LogP contribution in [0.3, 0.4) is 0 Å². The molecule has 0 aliphatic rings. The minimum absolute atomic E-state index is 0.208. The summed E-state index contributed by atoms with van der Waals surface area (Å²) in [5.74, 6) is 4.79. The normalized spacial score (nSPS) is 13.1. The predicted octanol–water partition coefficient (Wildman–Crippen LogP) is -0.138. The molecule has 4 N–H and O–H groups in total. The van der Waals surface area contributed by atoms with E-state index in [1.165, 1.54) is 0 Å². The average molecular weight is 232 g/mol. The number of carbonyl (C=O) groups excluding carboxylic acids is 1. The molecule has 0 radical (unpaired) electrons. The fourth-order valence-electron chi connectivity index (χ4n) is 1.08. The molecule has 0 spiro atoms. The quantitative estimate of drug-likeness (QED) is 0.635. The molecular formula is C13H16N2O2. The van der Waals surface area contributed by atoms with Gasteiger partial charge in [-0.2, -0.15) is 0 Å². The molecule has 1 aromatic carbocycles. The molecule has 0 aliphatic carbocycles. The molecule has 2 unspecified atom stereocenters. The molecule has 2 atom stereocenters.